The molecule has 11 aromatic rings. The second-order valence-corrected chi connectivity index (χ2v) is 15.6. The molecule has 59 heavy (non-hydrogen) atoms. The van der Waals surface area contributed by atoms with Gasteiger partial charge in [0.1, 0.15) is 0 Å². The SMILES string of the molecule is c1ccc(-c2ccc3c(c2)-c2cc(-c4ccc(-c5ccc6c7ccccc7c7ccccc7c6c5)c5ccccc45)ccc2N(c2ccccc2)c2ccccc2-3)cc1. The van der Waals surface area contributed by atoms with E-state index in [-0.39, 0.29) is 0 Å². The molecule has 0 fully saturated rings. The van der Waals surface area contributed by atoms with Crippen LogP contribution in [0.25, 0.3) is 98.7 Å². The van der Waals surface area contributed by atoms with Crippen molar-refractivity contribution in [2.45, 2.75) is 0 Å². The van der Waals surface area contributed by atoms with Crippen molar-refractivity contribution in [3.63, 3.8) is 0 Å². The van der Waals surface area contributed by atoms with E-state index in [1.54, 1.807) is 0 Å². The Kier molecular flexibility index (Phi) is 7.61. The highest BCUT2D eigenvalue weighted by atomic mass is 15.1. The molecule has 1 aliphatic rings. The molecule has 0 aromatic heterocycles. The molecule has 0 saturated heterocycles. The van der Waals surface area contributed by atoms with E-state index in [1.807, 2.05) is 0 Å². The van der Waals surface area contributed by atoms with Gasteiger partial charge >= 0.3 is 0 Å². The predicted octanol–water partition coefficient (Wildman–Crippen LogP) is 16.4. The lowest BCUT2D eigenvalue weighted by Gasteiger charge is -2.27. The van der Waals surface area contributed by atoms with E-state index in [2.05, 4.69) is 229 Å². The van der Waals surface area contributed by atoms with E-state index in [0.717, 1.165) is 11.4 Å². The van der Waals surface area contributed by atoms with E-state index in [4.69, 9.17) is 0 Å². The highest BCUT2D eigenvalue weighted by Crippen LogP contribution is 2.52. The van der Waals surface area contributed by atoms with Crippen molar-refractivity contribution in [1.82, 2.24) is 0 Å². The molecule has 0 atom stereocenters. The van der Waals surface area contributed by atoms with Crippen LogP contribution >= 0.6 is 0 Å². The fraction of sp³-hybridized carbons (Fsp3) is 0. The summed E-state index contributed by atoms with van der Waals surface area (Å²) in [6.45, 7) is 0. The van der Waals surface area contributed by atoms with Crippen molar-refractivity contribution < 1.29 is 0 Å². The van der Waals surface area contributed by atoms with Gasteiger partial charge in [-0.2, -0.15) is 0 Å². The lowest BCUT2D eigenvalue weighted by atomic mass is 9.87. The van der Waals surface area contributed by atoms with Gasteiger partial charge in [0.2, 0.25) is 0 Å². The zero-order valence-electron chi connectivity index (χ0n) is 32.3. The summed E-state index contributed by atoms with van der Waals surface area (Å²) in [4.78, 5) is 2.43. The van der Waals surface area contributed by atoms with Gasteiger partial charge in [-0.25, -0.2) is 0 Å². The number of hydrogen-bond acceptors (Lipinski definition) is 1. The number of fused-ring (bicyclic) bond motifs is 12. The Morgan fingerprint density at radius 2 is 0.661 bits per heavy atom. The lowest BCUT2D eigenvalue weighted by molar-refractivity contribution is 1.29. The fourth-order valence-electron chi connectivity index (χ4n) is 9.69. The smallest absolute Gasteiger partial charge is 0.0540 e. The Labute approximate surface area is 343 Å². The van der Waals surface area contributed by atoms with Crippen molar-refractivity contribution in [1.29, 1.82) is 0 Å². The van der Waals surface area contributed by atoms with Gasteiger partial charge in [-0.3, -0.25) is 0 Å². The van der Waals surface area contributed by atoms with E-state index in [0.29, 0.717) is 0 Å². The predicted molar refractivity (Wildman–Crippen MR) is 252 cm³/mol. The highest BCUT2D eigenvalue weighted by molar-refractivity contribution is 6.26. The summed E-state index contributed by atoms with van der Waals surface area (Å²) in [5, 5.41) is 10.2. The van der Waals surface area contributed by atoms with Gasteiger partial charge in [-0.15, -0.1) is 0 Å². The summed E-state index contributed by atoms with van der Waals surface area (Å²) < 4.78 is 0. The molecule has 0 saturated carbocycles. The fourth-order valence-corrected chi connectivity index (χ4v) is 9.69. The highest BCUT2D eigenvalue weighted by Gasteiger charge is 2.27. The third-order valence-corrected chi connectivity index (χ3v) is 12.4. The molecule has 1 heteroatoms. The van der Waals surface area contributed by atoms with Crippen LogP contribution in [0, 0.1) is 0 Å². The quantitative estimate of drug-likeness (QED) is 0.162. The van der Waals surface area contributed by atoms with Crippen molar-refractivity contribution in [2.24, 2.45) is 0 Å². The zero-order valence-corrected chi connectivity index (χ0v) is 32.3. The molecule has 0 unspecified atom stereocenters. The van der Waals surface area contributed by atoms with Crippen molar-refractivity contribution in [3.05, 3.63) is 224 Å². The van der Waals surface area contributed by atoms with E-state index in [9.17, 15) is 0 Å². The van der Waals surface area contributed by atoms with Crippen LogP contribution in [-0.4, -0.2) is 0 Å². The molecule has 0 bridgehead atoms. The van der Waals surface area contributed by atoms with Crippen LogP contribution in [0.2, 0.25) is 0 Å². The number of benzene rings is 11. The Hall–Kier alpha value is -7.74. The van der Waals surface area contributed by atoms with Gasteiger partial charge < -0.3 is 4.90 Å². The summed E-state index contributed by atoms with van der Waals surface area (Å²) in [6, 6.07) is 82.7. The van der Waals surface area contributed by atoms with Crippen LogP contribution in [0.4, 0.5) is 17.1 Å². The van der Waals surface area contributed by atoms with Gasteiger partial charge in [0, 0.05) is 16.8 Å². The maximum atomic E-state index is 2.43. The molecule has 12 rings (SSSR count). The topological polar surface area (TPSA) is 3.24 Å². The molecule has 274 valence electrons. The normalized spacial score (nSPS) is 12.0. The molecule has 0 N–H and O–H groups in total. The molecule has 1 nitrogen and oxygen atoms in total. The Bertz CT molecular complexity index is 3400. The summed E-state index contributed by atoms with van der Waals surface area (Å²) in [7, 11) is 0. The van der Waals surface area contributed by atoms with Gasteiger partial charge in [0.25, 0.3) is 0 Å². The summed E-state index contributed by atoms with van der Waals surface area (Å²) in [5.74, 6) is 0. The van der Waals surface area contributed by atoms with Crippen LogP contribution < -0.4 is 4.90 Å². The first kappa shape index (κ1) is 33.4. The molecular weight excluding hydrogens is 711 g/mol. The second kappa shape index (κ2) is 13.4. The lowest BCUT2D eigenvalue weighted by Crippen LogP contribution is -2.10. The van der Waals surface area contributed by atoms with Gasteiger partial charge in [-0.1, -0.05) is 182 Å². The monoisotopic (exact) mass is 747 g/mol. The van der Waals surface area contributed by atoms with Crippen molar-refractivity contribution in [2.75, 3.05) is 4.90 Å². The van der Waals surface area contributed by atoms with Gasteiger partial charge in [-0.05, 0) is 130 Å². The average Bonchev–Trinajstić information content (AvgIpc) is 3.44. The molecule has 0 spiro atoms. The third kappa shape index (κ3) is 5.33. The summed E-state index contributed by atoms with van der Waals surface area (Å²) in [6.07, 6.45) is 0. The Morgan fingerprint density at radius 1 is 0.203 bits per heavy atom. The maximum Gasteiger partial charge on any atom is 0.0540 e. The molecule has 1 aliphatic heterocycles. The first-order valence-corrected chi connectivity index (χ1v) is 20.4. The van der Waals surface area contributed by atoms with Crippen LogP contribution in [0.15, 0.2) is 224 Å². The second-order valence-electron chi connectivity index (χ2n) is 15.6. The van der Waals surface area contributed by atoms with E-state index >= 15 is 0 Å². The maximum absolute atomic E-state index is 2.43. The standard InChI is InChI=1S/C58H37N/c1-3-15-38(16-4-1)39-27-30-52-53-25-13-14-26-57(53)59(42-17-5-2-6-18-42)58-34-29-41(37-56(58)55(52)35-39)44-33-32-43(45-19-7-8-20-46(44)45)40-28-31-51-49-23-10-9-21-47(49)48-22-11-12-24-50(48)54(51)36-40/h1-37H. The molecular formula is C58H37N. The third-order valence-electron chi connectivity index (χ3n) is 12.4. The Balaban J connectivity index is 1.07. The zero-order chi connectivity index (χ0) is 38.9. The molecule has 0 radical (unpaired) electrons. The van der Waals surface area contributed by atoms with Crippen LogP contribution in [-0.2, 0) is 0 Å². The van der Waals surface area contributed by atoms with E-state index in [1.165, 1.54) is 104 Å². The van der Waals surface area contributed by atoms with Crippen LogP contribution in [0.5, 0.6) is 0 Å². The number of para-hydroxylation sites is 2. The molecule has 11 aromatic carbocycles. The average molecular weight is 748 g/mol. The summed E-state index contributed by atoms with van der Waals surface area (Å²) >= 11 is 0. The van der Waals surface area contributed by atoms with Gasteiger partial charge in [0.15, 0.2) is 0 Å². The largest absolute Gasteiger partial charge is 0.309 e. The molecule has 0 aliphatic carbocycles. The minimum atomic E-state index is 1.14. The molecule has 1 heterocycles. The van der Waals surface area contributed by atoms with Gasteiger partial charge in [0.05, 0.1) is 11.4 Å². The van der Waals surface area contributed by atoms with Crippen LogP contribution in [0.1, 0.15) is 0 Å². The Morgan fingerprint density at radius 3 is 1.34 bits per heavy atom. The minimum absolute atomic E-state index is 1.14. The first-order chi connectivity index (χ1) is 29.3. The van der Waals surface area contributed by atoms with E-state index < -0.39 is 0 Å². The number of anilines is 3. The number of nitrogens with zero attached hydrogens (tertiary/aromatic N) is 1. The number of rotatable bonds is 4. The minimum Gasteiger partial charge on any atom is -0.309 e. The van der Waals surface area contributed by atoms with Crippen LogP contribution in [0.3, 0.4) is 0 Å². The van der Waals surface area contributed by atoms with Crippen molar-refractivity contribution >= 4 is 60.2 Å². The summed E-state index contributed by atoms with van der Waals surface area (Å²) in [5.41, 5.74) is 15.6. The first-order valence-electron chi connectivity index (χ1n) is 20.4. The van der Waals surface area contributed by atoms with Crippen molar-refractivity contribution in [3.8, 4) is 55.6 Å². The molecule has 0 amide bonds. The number of hydrogen-bond donors (Lipinski definition) is 0.